The number of ether oxygens (including phenoxy) is 1. The molecule has 30 heavy (non-hydrogen) atoms. The Kier molecular flexibility index (Phi) is 7.41. The normalized spacial score (nSPS) is 11.1. The Morgan fingerprint density at radius 1 is 1.10 bits per heavy atom. The van der Waals surface area contributed by atoms with Crippen LogP contribution in [0.3, 0.4) is 0 Å². The maximum atomic E-state index is 12.9. The number of hydrogen-bond donors (Lipinski definition) is 2. The third-order valence-electron chi connectivity index (χ3n) is 4.02. The van der Waals surface area contributed by atoms with Gasteiger partial charge in [0.15, 0.2) is 0 Å². The number of thiophene rings is 1. The van der Waals surface area contributed by atoms with Gasteiger partial charge in [-0.15, -0.1) is 23.1 Å². The number of carbonyl (C=O) groups is 1. The highest BCUT2D eigenvalue weighted by Crippen LogP contribution is 2.26. The van der Waals surface area contributed by atoms with Crippen LogP contribution < -0.4 is 14.8 Å². The first-order valence-electron chi connectivity index (χ1n) is 9.20. The number of amides is 1. The van der Waals surface area contributed by atoms with Crippen molar-refractivity contribution in [3.05, 3.63) is 65.5 Å². The lowest BCUT2D eigenvalue weighted by molar-refractivity contribution is -0.113. The summed E-state index contributed by atoms with van der Waals surface area (Å²) in [6.45, 7) is 4.13. The number of hydrogen-bond acceptors (Lipinski definition) is 6. The Hall–Kier alpha value is -2.49. The summed E-state index contributed by atoms with van der Waals surface area (Å²) < 4.78 is 34.8. The maximum absolute atomic E-state index is 12.9. The molecular weight excluding hydrogens is 440 g/mol. The van der Waals surface area contributed by atoms with Crippen molar-refractivity contribution < 1.29 is 17.9 Å². The van der Waals surface area contributed by atoms with Crippen LogP contribution in [0.15, 0.2) is 69.1 Å². The second-order valence-electron chi connectivity index (χ2n) is 6.31. The van der Waals surface area contributed by atoms with Crippen LogP contribution in [0.5, 0.6) is 5.75 Å². The highest BCUT2D eigenvalue weighted by Gasteiger charge is 2.18. The first kappa shape index (κ1) is 22.2. The van der Waals surface area contributed by atoms with E-state index in [1.54, 1.807) is 54.7 Å². The van der Waals surface area contributed by atoms with Crippen LogP contribution in [0.2, 0.25) is 0 Å². The minimum absolute atomic E-state index is 0.111. The van der Waals surface area contributed by atoms with Gasteiger partial charge in [0.25, 0.3) is 10.0 Å². The van der Waals surface area contributed by atoms with Gasteiger partial charge < -0.3 is 10.1 Å². The van der Waals surface area contributed by atoms with E-state index < -0.39 is 10.0 Å². The van der Waals surface area contributed by atoms with E-state index in [9.17, 15) is 13.2 Å². The minimum atomic E-state index is -3.82. The molecule has 2 aromatic carbocycles. The molecule has 0 saturated heterocycles. The van der Waals surface area contributed by atoms with Gasteiger partial charge in [-0.3, -0.25) is 9.52 Å². The van der Waals surface area contributed by atoms with E-state index in [0.717, 1.165) is 4.21 Å². The van der Waals surface area contributed by atoms with E-state index in [1.165, 1.54) is 17.8 Å². The Morgan fingerprint density at radius 2 is 1.83 bits per heavy atom. The Balaban J connectivity index is 1.70. The predicted octanol–water partition coefficient (Wildman–Crippen LogP) is 4.99. The zero-order valence-electron chi connectivity index (χ0n) is 16.5. The molecule has 0 aliphatic rings. The molecule has 1 aromatic heterocycles. The molecule has 0 bridgehead atoms. The highest BCUT2D eigenvalue weighted by molar-refractivity contribution is 8.01. The van der Waals surface area contributed by atoms with E-state index in [0.29, 0.717) is 29.3 Å². The average molecular weight is 463 g/mol. The van der Waals surface area contributed by atoms with Gasteiger partial charge in [0.1, 0.15) is 5.75 Å². The van der Waals surface area contributed by atoms with Gasteiger partial charge >= 0.3 is 0 Å². The summed E-state index contributed by atoms with van der Waals surface area (Å²) in [4.78, 5) is 12.3. The minimum Gasteiger partial charge on any atom is -0.494 e. The van der Waals surface area contributed by atoms with Crippen LogP contribution in [-0.2, 0) is 14.8 Å². The molecule has 6 nitrogen and oxygen atoms in total. The van der Waals surface area contributed by atoms with Crippen LogP contribution in [0.1, 0.15) is 12.5 Å². The SMILES string of the molecule is CCOc1ccc(NS(=O)(=O)c2cc(NC(=O)CSc3cccs3)ccc2C)cc1. The van der Waals surface area contributed by atoms with E-state index in [1.807, 2.05) is 24.4 Å². The van der Waals surface area contributed by atoms with Gasteiger partial charge in [-0.05, 0) is 67.3 Å². The summed E-state index contributed by atoms with van der Waals surface area (Å²) in [7, 11) is -3.82. The first-order chi connectivity index (χ1) is 14.4. The van der Waals surface area contributed by atoms with Crippen LogP contribution in [0.25, 0.3) is 0 Å². The van der Waals surface area contributed by atoms with E-state index in [-0.39, 0.29) is 16.6 Å². The first-order valence-corrected chi connectivity index (χ1v) is 12.5. The third-order valence-corrected chi connectivity index (χ3v) is 7.67. The van der Waals surface area contributed by atoms with Gasteiger partial charge in [-0.25, -0.2) is 8.42 Å². The van der Waals surface area contributed by atoms with Crippen molar-refractivity contribution in [1.82, 2.24) is 0 Å². The Labute approximate surface area is 184 Å². The number of sulfonamides is 1. The molecular formula is C21H22N2O4S3. The quantitative estimate of drug-likeness (QED) is 0.438. The molecule has 0 saturated carbocycles. The van der Waals surface area contributed by atoms with Crippen molar-refractivity contribution in [3.63, 3.8) is 0 Å². The molecule has 158 valence electrons. The topological polar surface area (TPSA) is 84.5 Å². The lowest BCUT2D eigenvalue weighted by Crippen LogP contribution is -2.17. The molecule has 0 aliphatic carbocycles. The Morgan fingerprint density at radius 3 is 2.50 bits per heavy atom. The van der Waals surface area contributed by atoms with Crippen molar-refractivity contribution in [2.45, 2.75) is 23.0 Å². The van der Waals surface area contributed by atoms with Crippen LogP contribution in [-0.4, -0.2) is 26.7 Å². The molecule has 2 N–H and O–H groups in total. The number of rotatable bonds is 9. The zero-order chi connectivity index (χ0) is 21.6. The number of aryl methyl sites for hydroxylation is 1. The van der Waals surface area contributed by atoms with Crippen molar-refractivity contribution in [1.29, 1.82) is 0 Å². The fraction of sp³-hybridized carbons (Fsp3) is 0.190. The molecule has 0 unspecified atom stereocenters. The van der Waals surface area contributed by atoms with Gasteiger partial charge in [0.2, 0.25) is 5.91 Å². The van der Waals surface area contributed by atoms with Crippen molar-refractivity contribution in [2.24, 2.45) is 0 Å². The largest absolute Gasteiger partial charge is 0.494 e. The van der Waals surface area contributed by atoms with Crippen molar-refractivity contribution >= 4 is 50.4 Å². The number of anilines is 2. The van der Waals surface area contributed by atoms with Crippen LogP contribution in [0.4, 0.5) is 11.4 Å². The summed E-state index contributed by atoms with van der Waals surface area (Å²) >= 11 is 3.01. The Bertz CT molecular complexity index is 1100. The highest BCUT2D eigenvalue weighted by atomic mass is 32.2. The standard InChI is InChI=1S/C21H22N2O4S3/c1-3-27-18-10-8-16(9-11-18)23-30(25,26)19-13-17(7-6-15(19)2)22-20(24)14-29-21-5-4-12-28-21/h4-13,23H,3,14H2,1-2H3,(H,22,24). The zero-order valence-corrected chi connectivity index (χ0v) is 19.0. The summed E-state index contributed by atoms with van der Waals surface area (Å²) in [5.41, 5.74) is 1.45. The second kappa shape index (κ2) is 10.0. The molecule has 3 aromatic rings. The summed E-state index contributed by atoms with van der Waals surface area (Å²) in [6, 6.07) is 15.4. The molecule has 0 fully saturated rings. The molecule has 0 spiro atoms. The molecule has 1 heterocycles. The van der Waals surface area contributed by atoms with Crippen molar-refractivity contribution in [3.8, 4) is 5.75 Å². The van der Waals surface area contributed by atoms with Crippen molar-refractivity contribution in [2.75, 3.05) is 22.4 Å². The lowest BCUT2D eigenvalue weighted by Gasteiger charge is -2.13. The molecule has 1 amide bonds. The fourth-order valence-corrected chi connectivity index (χ4v) is 5.56. The van der Waals surface area contributed by atoms with Gasteiger partial charge in [-0.1, -0.05) is 12.1 Å². The van der Waals surface area contributed by atoms with Gasteiger partial charge in [-0.2, -0.15) is 0 Å². The number of benzene rings is 2. The average Bonchev–Trinajstić information content (AvgIpc) is 3.23. The number of carbonyl (C=O) groups excluding carboxylic acids is 1. The molecule has 9 heteroatoms. The number of thioether (sulfide) groups is 1. The summed E-state index contributed by atoms with van der Waals surface area (Å²) in [5.74, 6) is 0.725. The summed E-state index contributed by atoms with van der Waals surface area (Å²) in [5, 5.41) is 4.72. The molecule has 0 radical (unpaired) electrons. The third kappa shape index (κ3) is 6.01. The van der Waals surface area contributed by atoms with E-state index in [2.05, 4.69) is 10.0 Å². The molecule has 0 aliphatic heterocycles. The van der Waals surface area contributed by atoms with E-state index >= 15 is 0 Å². The smallest absolute Gasteiger partial charge is 0.262 e. The molecule has 0 atom stereocenters. The summed E-state index contributed by atoms with van der Waals surface area (Å²) in [6.07, 6.45) is 0. The van der Waals surface area contributed by atoms with Crippen LogP contribution in [0, 0.1) is 6.92 Å². The van der Waals surface area contributed by atoms with Gasteiger partial charge in [0.05, 0.1) is 21.5 Å². The second-order valence-corrected chi connectivity index (χ2v) is 10.2. The number of nitrogens with one attached hydrogen (secondary N) is 2. The lowest BCUT2D eigenvalue weighted by atomic mass is 10.2. The predicted molar refractivity (Wildman–Crippen MR) is 123 cm³/mol. The monoisotopic (exact) mass is 462 g/mol. The van der Waals surface area contributed by atoms with Crippen LogP contribution >= 0.6 is 23.1 Å². The fourth-order valence-electron chi connectivity index (χ4n) is 2.64. The maximum Gasteiger partial charge on any atom is 0.262 e. The van der Waals surface area contributed by atoms with E-state index in [4.69, 9.17) is 4.74 Å². The molecule has 3 rings (SSSR count). The van der Waals surface area contributed by atoms with Gasteiger partial charge in [0, 0.05) is 11.4 Å².